The fourth-order valence-electron chi connectivity index (χ4n) is 3.04. The van der Waals surface area contributed by atoms with Crippen molar-refractivity contribution in [3.8, 4) is 5.75 Å². The Bertz CT molecular complexity index is 598. The van der Waals surface area contributed by atoms with Crippen LogP contribution in [0.15, 0.2) is 36.4 Å². The molecule has 0 bridgehead atoms. The third kappa shape index (κ3) is 2.30. The molecule has 1 aliphatic rings. The van der Waals surface area contributed by atoms with Gasteiger partial charge >= 0.3 is 0 Å². The number of hydrogen-bond donors (Lipinski definition) is 2. The largest absolute Gasteiger partial charge is 0.508 e. The molecule has 2 heteroatoms. The molecule has 1 aliphatic carbocycles. The van der Waals surface area contributed by atoms with E-state index in [1.54, 1.807) is 6.07 Å². The number of phenols is 1. The Balaban J connectivity index is 1.89. The molecule has 0 spiro atoms. The van der Waals surface area contributed by atoms with Gasteiger partial charge in [-0.05, 0) is 67.1 Å². The highest BCUT2D eigenvalue weighted by Gasteiger charge is 2.24. The van der Waals surface area contributed by atoms with Crippen molar-refractivity contribution in [2.75, 3.05) is 5.32 Å². The molecule has 1 atom stereocenters. The Morgan fingerprint density at radius 2 is 1.84 bits per heavy atom. The number of aryl methyl sites for hydroxylation is 2. The van der Waals surface area contributed by atoms with Crippen LogP contribution in [0.5, 0.6) is 5.75 Å². The molecule has 0 aliphatic heterocycles. The summed E-state index contributed by atoms with van der Waals surface area (Å²) in [6.45, 7) is 4.24. The Hall–Kier alpha value is -1.96. The Kier molecular flexibility index (Phi) is 2.94. The quantitative estimate of drug-likeness (QED) is 0.844. The van der Waals surface area contributed by atoms with E-state index in [1.807, 2.05) is 6.07 Å². The zero-order chi connectivity index (χ0) is 13.4. The molecule has 2 nitrogen and oxygen atoms in total. The third-order valence-electron chi connectivity index (χ3n) is 3.81. The molecule has 0 radical (unpaired) electrons. The molecule has 0 aromatic heterocycles. The maximum absolute atomic E-state index is 9.88. The summed E-state index contributed by atoms with van der Waals surface area (Å²) in [6.07, 6.45) is 1.99. The van der Waals surface area contributed by atoms with Crippen molar-refractivity contribution in [2.45, 2.75) is 32.7 Å². The predicted octanol–water partition coefficient (Wildman–Crippen LogP) is 4.11. The smallest absolute Gasteiger partial charge is 0.119 e. The SMILES string of the molecule is Cc1cc(C)cc(NC2CCc3c(O)cccc32)c1. The van der Waals surface area contributed by atoms with Crippen molar-refractivity contribution in [1.82, 2.24) is 0 Å². The summed E-state index contributed by atoms with van der Waals surface area (Å²) < 4.78 is 0. The standard InChI is InChI=1S/C17H19NO/c1-11-8-12(2)10-13(9-11)18-16-7-6-15-14(16)4-3-5-17(15)19/h3-5,8-10,16,18-19H,6-7H2,1-2H3. The van der Waals surface area contributed by atoms with Crippen LogP contribution in [0.25, 0.3) is 0 Å². The molecule has 3 rings (SSSR count). The van der Waals surface area contributed by atoms with Gasteiger partial charge in [0, 0.05) is 5.69 Å². The van der Waals surface area contributed by atoms with Crippen molar-refractivity contribution >= 4 is 5.69 Å². The van der Waals surface area contributed by atoms with Crippen molar-refractivity contribution in [3.63, 3.8) is 0 Å². The van der Waals surface area contributed by atoms with Crippen molar-refractivity contribution in [1.29, 1.82) is 0 Å². The van der Waals surface area contributed by atoms with Gasteiger partial charge in [-0.25, -0.2) is 0 Å². The van der Waals surface area contributed by atoms with E-state index in [0.29, 0.717) is 11.8 Å². The van der Waals surface area contributed by atoms with Crippen LogP contribution >= 0.6 is 0 Å². The first-order valence-electron chi connectivity index (χ1n) is 6.79. The summed E-state index contributed by atoms with van der Waals surface area (Å²) in [5.74, 6) is 0.433. The summed E-state index contributed by atoms with van der Waals surface area (Å²) in [7, 11) is 0. The Morgan fingerprint density at radius 3 is 2.58 bits per heavy atom. The lowest BCUT2D eigenvalue weighted by Gasteiger charge is -2.16. The number of aromatic hydroxyl groups is 1. The van der Waals surface area contributed by atoms with Gasteiger partial charge in [-0.1, -0.05) is 18.2 Å². The second-order valence-electron chi connectivity index (χ2n) is 5.46. The van der Waals surface area contributed by atoms with E-state index >= 15 is 0 Å². The van der Waals surface area contributed by atoms with Gasteiger partial charge < -0.3 is 10.4 Å². The third-order valence-corrected chi connectivity index (χ3v) is 3.81. The monoisotopic (exact) mass is 253 g/mol. The van der Waals surface area contributed by atoms with E-state index in [2.05, 4.69) is 43.4 Å². The number of fused-ring (bicyclic) bond motifs is 1. The number of hydrogen-bond acceptors (Lipinski definition) is 2. The molecule has 0 saturated heterocycles. The van der Waals surface area contributed by atoms with Gasteiger partial charge in [-0.15, -0.1) is 0 Å². The van der Waals surface area contributed by atoms with Gasteiger partial charge in [0.25, 0.3) is 0 Å². The predicted molar refractivity (Wildman–Crippen MR) is 78.7 cm³/mol. The first-order chi connectivity index (χ1) is 9.13. The number of nitrogens with one attached hydrogen (secondary N) is 1. The lowest BCUT2D eigenvalue weighted by atomic mass is 10.1. The molecule has 2 N–H and O–H groups in total. The minimum absolute atomic E-state index is 0.309. The molecule has 98 valence electrons. The first-order valence-corrected chi connectivity index (χ1v) is 6.79. The zero-order valence-electron chi connectivity index (χ0n) is 11.4. The van der Waals surface area contributed by atoms with Crippen molar-refractivity contribution in [3.05, 3.63) is 58.7 Å². The molecule has 1 unspecified atom stereocenters. The summed E-state index contributed by atoms with van der Waals surface area (Å²) in [4.78, 5) is 0. The minimum atomic E-state index is 0.309. The van der Waals surface area contributed by atoms with Crippen LogP contribution in [-0.4, -0.2) is 5.11 Å². The summed E-state index contributed by atoms with van der Waals surface area (Å²) >= 11 is 0. The number of anilines is 1. The number of benzene rings is 2. The molecular weight excluding hydrogens is 234 g/mol. The lowest BCUT2D eigenvalue weighted by Crippen LogP contribution is -2.07. The van der Waals surface area contributed by atoms with Crippen LogP contribution < -0.4 is 5.32 Å². The first kappa shape index (κ1) is 12.1. The maximum atomic E-state index is 9.88. The van der Waals surface area contributed by atoms with Crippen molar-refractivity contribution in [2.24, 2.45) is 0 Å². The topological polar surface area (TPSA) is 32.3 Å². The Labute approximate surface area is 114 Å². The van der Waals surface area contributed by atoms with Gasteiger partial charge in [0.15, 0.2) is 0 Å². The zero-order valence-corrected chi connectivity index (χ0v) is 11.4. The number of phenolic OH excluding ortho intramolecular Hbond substituents is 1. The molecular formula is C17H19NO. The fourth-order valence-corrected chi connectivity index (χ4v) is 3.04. The summed E-state index contributed by atoms with van der Waals surface area (Å²) in [6, 6.07) is 12.7. The van der Waals surface area contributed by atoms with Gasteiger partial charge in [0.2, 0.25) is 0 Å². The molecule has 2 aromatic rings. The van der Waals surface area contributed by atoms with E-state index in [-0.39, 0.29) is 0 Å². The van der Waals surface area contributed by atoms with Gasteiger partial charge in [-0.2, -0.15) is 0 Å². The van der Waals surface area contributed by atoms with E-state index in [0.717, 1.165) is 18.4 Å². The molecule has 0 saturated carbocycles. The second kappa shape index (κ2) is 4.61. The molecule has 0 amide bonds. The fraction of sp³-hybridized carbons (Fsp3) is 0.294. The van der Waals surface area contributed by atoms with Crippen LogP contribution in [0.1, 0.15) is 34.7 Å². The van der Waals surface area contributed by atoms with E-state index in [9.17, 15) is 5.11 Å². The van der Waals surface area contributed by atoms with Crippen molar-refractivity contribution < 1.29 is 5.11 Å². The molecule has 0 fully saturated rings. The minimum Gasteiger partial charge on any atom is -0.508 e. The van der Waals surface area contributed by atoms with E-state index < -0.39 is 0 Å². The summed E-state index contributed by atoms with van der Waals surface area (Å²) in [5, 5.41) is 13.5. The van der Waals surface area contributed by atoms with Crippen LogP contribution in [0.2, 0.25) is 0 Å². The van der Waals surface area contributed by atoms with Crippen LogP contribution in [0, 0.1) is 13.8 Å². The lowest BCUT2D eigenvalue weighted by molar-refractivity contribution is 0.469. The average molecular weight is 253 g/mol. The molecule has 0 heterocycles. The van der Waals surface area contributed by atoms with Gasteiger partial charge in [0.05, 0.1) is 6.04 Å². The second-order valence-corrected chi connectivity index (χ2v) is 5.46. The highest BCUT2D eigenvalue weighted by atomic mass is 16.3. The van der Waals surface area contributed by atoms with Crippen LogP contribution in [0.3, 0.4) is 0 Å². The Morgan fingerprint density at radius 1 is 1.11 bits per heavy atom. The average Bonchev–Trinajstić information content (AvgIpc) is 2.73. The van der Waals surface area contributed by atoms with E-state index in [4.69, 9.17) is 0 Å². The van der Waals surface area contributed by atoms with Gasteiger partial charge in [0.1, 0.15) is 5.75 Å². The molecule has 2 aromatic carbocycles. The normalized spacial score (nSPS) is 17.3. The number of rotatable bonds is 2. The summed E-state index contributed by atoms with van der Waals surface area (Å²) in [5.41, 5.74) is 6.05. The van der Waals surface area contributed by atoms with Crippen LogP contribution in [0.4, 0.5) is 5.69 Å². The molecule has 19 heavy (non-hydrogen) atoms. The maximum Gasteiger partial charge on any atom is 0.119 e. The van der Waals surface area contributed by atoms with E-state index in [1.165, 1.54) is 22.4 Å². The van der Waals surface area contributed by atoms with Crippen LogP contribution in [-0.2, 0) is 6.42 Å². The highest BCUT2D eigenvalue weighted by molar-refractivity contribution is 5.53. The highest BCUT2D eigenvalue weighted by Crippen LogP contribution is 2.38. The van der Waals surface area contributed by atoms with Gasteiger partial charge in [-0.3, -0.25) is 0 Å².